The van der Waals surface area contributed by atoms with Gasteiger partial charge in [0, 0.05) is 26.2 Å². The van der Waals surface area contributed by atoms with E-state index in [1.54, 1.807) is 17.0 Å². The van der Waals surface area contributed by atoms with Crippen molar-refractivity contribution in [2.75, 3.05) is 32.8 Å². The summed E-state index contributed by atoms with van der Waals surface area (Å²) in [5.41, 5.74) is 1.87. The molecule has 1 aromatic rings. The highest BCUT2D eigenvalue weighted by Gasteiger charge is 2.29. The average molecular weight is 354 g/mol. The van der Waals surface area contributed by atoms with Crippen LogP contribution in [0, 0.1) is 0 Å². The Balaban J connectivity index is 1.86. The predicted octanol–water partition coefficient (Wildman–Crippen LogP) is -0.0270. The van der Waals surface area contributed by atoms with Crippen molar-refractivity contribution in [3.8, 4) is 0 Å². The SMILES string of the molecule is CC(O)C(=O)N1CCc2ccc(S(=O)(=O)N3CCOCC3)cc2C1. The van der Waals surface area contributed by atoms with Gasteiger partial charge in [0.15, 0.2) is 0 Å². The third kappa shape index (κ3) is 3.32. The van der Waals surface area contributed by atoms with Gasteiger partial charge in [0.25, 0.3) is 5.91 Å². The lowest BCUT2D eigenvalue weighted by atomic mass is 9.99. The molecule has 2 aliphatic rings. The van der Waals surface area contributed by atoms with Crippen molar-refractivity contribution in [2.24, 2.45) is 0 Å². The molecule has 132 valence electrons. The number of benzene rings is 1. The Hall–Kier alpha value is -1.48. The Morgan fingerprint density at radius 2 is 1.92 bits per heavy atom. The zero-order valence-electron chi connectivity index (χ0n) is 13.6. The van der Waals surface area contributed by atoms with Crippen molar-refractivity contribution in [3.05, 3.63) is 29.3 Å². The summed E-state index contributed by atoms with van der Waals surface area (Å²) in [6.07, 6.45) is -0.391. The minimum absolute atomic E-state index is 0.245. The Morgan fingerprint density at radius 1 is 1.21 bits per heavy atom. The van der Waals surface area contributed by atoms with Gasteiger partial charge in [-0.3, -0.25) is 4.79 Å². The maximum absolute atomic E-state index is 12.7. The lowest BCUT2D eigenvalue weighted by Crippen LogP contribution is -2.42. The Bertz CT molecular complexity index is 726. The molecule has 1 aromatic carbocycles. The molecule has 2 heterocycles. The summed E-state index contributed by atoms with van der Waals surface area (Å²) in [7, 11) is -3.55. The van der Waals surface area contributed by atoms with Crippen LogP contribution in [-0.4, -0.2) is 67.6 Å². The third-order valence-corrected chi connectivity index (χ3v) is 6.36. The lowest BCUT2D eigenvalue weighted by Gasteiger charge is -2.31. The van der Waals surface area contributed by atoms with Gasteiger partial charge >= 0.3 is 0 Å². The molecule has 3 rings (SSSR count). The highest BCUT2D eigenvalue weighted by Crippen LogP contribution is 2.25. The second-order valence-electron chi connectivity index (χ2n) is 6.13. The number of fused-ring (bicyclic) bond motifs is 1. The van der Waals surface area contributed by atoms with Gasteiger partial charge in [-0.2, -0.15) is 4.31 Å². The Kier molecular flexibility index (Phi) is 4.91. The Labute approximate surface area is 141 Å². The van der Waals surface area contributed by atoms with Crippen LogP contribution in [0.4, 0.5) is 0 Å². The van der Waals surface area contributed by atoms with Gasteiger partial charge in [-0.05, 0) is 36.6 Å². The van der Waals surface area contributed by atoms with Gasteiger partial charge in [0.2, 0.25) is 10.0 Å². The van der Waals surface area contributed by atoms with E-state index in [9.17, 15) is 18.3 Å². The zero-order valence-corrected chi connectivity index (χ0v) is 14.5. The monoisotopic (exact) mass is 354 g/mol. The molecule has 0 saturated carbocycles. The van der Waals surface area contributed by atoms with E-state index in [1.807, 2.05) is 6.07 Å². The number of aliphatic hydroxyl groups is 1. The van der Waals surface area contributed by atoms with E-state index in [2.05, 4.69) is 0 Å². The smallest absolute Gasteiger partial charge is 0.251 e. The van der Waals surface area contributed by atoms with Crippen molar-refractivity contribution in [3.63, 3.8) is 0 Å². The molecule has 0 aliphatic carbocycles. The van der Waals surface area contributed by atoms with Crippen LogP contribution in [0.25, 0.3) is 0 Å². The normalized spacial score (nSPS) is 20.5. The molecule has 1 N–H and O–H groups in total. The minimum Gasteiger partial charge on any atom is -0.384 e. The molecule has 1 fully saturated rings. The standard InChI is InChI=1S/C16H22N2O5S/c1-12(19)16(20)17-5-4-13-2-3-15(10-14(13)11-17)24(21,22)18-6-8-23-9-7-18/h2-3,10,12,19H,4-9,11H2,1H3. The van der Waals surface area contributed by atoms with Crippen LogP contribution in [-0.2, 0) is 32.5 Å². The van der Waals surface area contributed by atoms with Gasteiger partial charge in [0.1, 0.15) is 6.10 Å². The van der Waals surface area contributed by atoms with Gasteiger partial charge < -0.3 is 14.7 Å². The Morgan fingerprint density at radius 3 is 2.58 bits per heavy atom. The van der Waals surface area contributed by atoms with Crippen LogP contribution < -0.4 is 0 Å². The summed E-state index contributed by atoms with van der Waals surface area (Å²) < 4.78 is 32.1. The fourth-order valence-electron chi connectivity index (χ4n) is 3.08. The van der Waals surface area contributed by atoms with E-state index in [1.165, 1.54) is 11.2 Å². The summed E-state index contributed by atoms with van der Waals surface area (Å²) >= 11 is 0. The predicted molar refractivity (Wildman–Crippen MR) is 86.8 cm³/mol. The molecule has 0 aromatic heterocycles. The lowest BCUT2D eigenvalue weighted by molar-refractivity contribution is -0.140. The fourth-order valence-corrected chi connectivity index (χ4v) is 4.54. The highest BCUT2D eigenvalue weighted by atomic mass is 32.2. The molecular weight excluding hydrogens is 332 g/mol. The topological polar surface area (TPSA) is 87.2 Å². The molecule has 24 heavy (non-hydrogen) atoms. The van der Waals surface area contributed by atoms with Gasteiger partial charge in [0.05, 0.1) is 18.1 Å². The van der Waals surface area contributed by atoms with Crippen LogP contribution in [0.1, 0.15) is 18.1 Å². The number of morpholine rings is 1. The van der Waals surface area contributed by atoms with Crippen LogP contribution in [0.2, 0.25) is 0 Å². The number of sulfonamides is 1. The quantitative estimate of drug-likeness (QED) is 0.824. The van der Waals surface area contributed by atoms with Crippen LogP contribution >= 0.6 is 0 Å². The molecular formula is C16H22N2O5S. The van der Waals surface area contributed by atoms with Crippen LogP contribution in [0.5, 0.6) is 0 Å². The summed E-state index contributed by atoms with van der Waals surface area (Å²) in [5, 5.41) is 9.47. The van der Waals surface area contributed by atoms with E-state index in [0.29, 0.717) is 45.8 Å². The molecule has 2 aliphatic heterocycles. The highest BCUT2D eigenvalue weighted by molar-refractivity contribution is 7.89. The first kappa shape index (κ1) is 17.3. The summed E-state index contributed by atoms with van der Waals surface area (Å²) in [5.74, 6) is -0.331. The molecule has 1 amide bonds. The number of amides is 1. The minimum atomic E-state index is -3.55. The van der Waals surface area contributed by atoms with Crippen molar-refractivity contribution >= 4 is 15.9 Å². The molecule has 1 atom stereocenters. The van der Waals surface area contributed by atoms with Gasteiger partial charge in [-0.25, -0.2) is 8.42 Å². The average Bonchev–Trinajstić information content (AvgIpc) is 2.60. The van der Waals surface area contributed by atoms with Crippen LogP contribution in [0.15, 0.2) is 23.1 Å². The van der Waals surface area contributed by atoms with Crippen LogP contribution in [0.3, 0.4) is 0 Å². The van der Waals surface area contributed by atoms with Gasteiger partial charge in [-0.1, -0.05) is 6.07 Å². The maximum Gasteiger partial charge on any atom is 0.251 e. The third-order valence-electron chi connectivity index (χ3n) is 4.47. The number of carbonyl (C=O) groups excluding carboxylic acids is 1. The van der Waals surface area contributed by atoms with Crippen molar-refractivity contribution in [1.29, 1.82) is 0 Å². The second-order valence-corrected chi connectivity index (χ2v) is 8.07. The molecule has 1 saturated heterocycles. The number of aliphatic hydroxyl groups excluding tert-OH is 1. The van der Waals surface area contributed by atoms with E-state index < -0.39 is 16.1 Å². The summed E-state index contributed by atoms with van der Waals surface area (Å²) in [4.78, 5) is 13.8. The molecule has 0 radical (unpaired) electrons. The molecule has 1 unspecified atom stereocenters. The molecule has 8 heteroatoms. The van der Waals surface area contributed by atoms with Crippen molar-refractivity contribution in [1.82, 2.24) is 9.21 Å². The number of carbonyl (C=O) groups is 1. The first-order valence-electron chi connectivity index (χ1n) is 8.06. The first-order valence-corrected chi connectivity index (χ1v) is 9.50. The first-order chi connectivity index (χ1) is 11.4. The van der Waals surface area contributed by atoms with E-state index in [0.717, 1.165) is 11.1 Å². The van der Waals surface area contributed by atoms with Crippen molar-refractivity contribution in [2.45, 2.75) is 30.9 Å². The molecule has 7 nitrogen and oxygen atoms in total. The number of rotatable bonds is 3. The zero-order chi connectivity index (χ0) is 17.3. The van der Waals surface area contributed by atoms with E-state index in [-0.39, 0.29) is 10.8 Å². The summed E-state index contributed by atoms with van der Waals surface area (Å²) in [6.45, 7) is 3.81. The van der Waals surface area contributed by atoms with Gasteiger partial charge in [-0.15, -0.1) is 0 Å². The number of ether oxygens (including phenoxy) is 1. The molecule has 0 spiro atoms. The number of nitrogens with zero attached hydrogens (tertiary/aromatic N) is 2. The van der Waals surface area contributed by atoms with E-state index >= 15 is 0 Å². The number of hydrogen-bond donors (Lipinski definition) is 1. The second kappa shape index (κ2) is 6.79. The molecule has 0 bridgehead atoms. The largest absolute Gasteiger partial charge is 0.384 e. The van der Waals surface area contributed by atoms with Crippen molar-refractivity contribution < 1.29 is 23.1 Å². The maximum atomic E-state index is 12.7. The fraction of sp³-hybridized carbons (Fsp3) is 0.562. The summed E-state index contributed by atoms with van der Waals surface area (Å²) in [6, 6.07) is 5.12. The number of hydrogen-bond acceptors (Lipinski definition) is 5. The van der Waals surface area contributed by atoms with E-state index in [4.69, 9.17) is 4.74 Å².